The molecule has 3 nitrogen and oxygen atoms in total. The smallest absolute Gasteiger partial charge is 0.261 e. The Morgan fingerprint density at radius 1 is 1.19 bits per heavy atom. The molecule has 0 fully saturated rings. The minimum absolute atomic E-state index is 0.0599. The van der Waals surface area contributed by atoms with Crippen LogP contribution in [-0.4, -0.2) is 5.91 Å². The maximum atomic E-state index is 12.4. The molecule has 0 radical (unpaired) electrons. The van der Waals surface area contributed by atoms with Crippen molar-refractivity contribution in [1.82, 2.24) is 5.32 Å². The summed E-state index contributed by atoms with van der Waals surface area (Å²) in [6.07, 6.45) is 5.56. The van der Waals surface area contributed by atoms with Gasteiger partial charge < -0.3 is 10.1 Å². The summed E-state index contributed by atoms with van der Waals surface area (Å²) in [5.41, 5.74) is 1.05. The Labute approximate surface area is 161 Å². The van der Waals surface area contributed by atoms with Gasteiger partial charge in [0.25, 0.3) is 5.91 Å². The number of benzene rings is 1. The van der Waals surface area contributed by atoms with Crippen molar-refractivity contribution in [3.63, 3.8) is 0 Å². The van der Waals surface area contributed by atoms with Crippen molar-refractivity contribution in [2.75, 3.05) is 0 Å². The number of rotatable bonds is 7. The van der Waals surface area contributed by atoms with E-state index in [1.54, 1.807) is 6.08 Å². The van der Waals surface area contributed by atoms with E-state index in [1.807, 2.05) is 67.6 Å². The first-order chi connectivity index (χ1) is 12.7. The molecule has 1 amide bonds. The monoisotopic (exact) mass is 381 g/mol. The van der Waals surface area contributed by atoms with Gasteiger partial charge in [-0.3, -0.25) is 4.79 Å². The highest BCUT2D eigenvalue weighted by atomic mass is 32.1. The molecule has 1 aromatic carbocycles. The lowest BCUT2D eigenvalue weighted by Gasteiger charge is -2.02. The van der Waals surface area contributed by atoms with Gasteiger partial charge in [0.2, 0.25) is 0 Å². The highest BCUT2D eigenvalue weighted by Gasteiger charge is 2.11. The molecule has 2 heterocycles. The van der Waals surface area contributed by atoms with Crippen LogP contribution in [0.2, 0.25) is 0 Å². The van der Waals surface area contributed by atoms with Crippen LogP contribution < -0.4 is 10.1 Å². The van der Waals surface area contributed by atoms with Crippen molar-refractivity contribution in [3.05, 3.63) is 87.5 Å². The number of hydrogen-bond donors (Lipinski definition) is 1. The van der Waals surface area contributed by atoms with Crippen LogP contribution in [0.5, 0.6) is 10.8 Å². The molecule has 0 aliphatic rings. The van der Waals surface area contributed by atoms with E-state index in [1.165, 1.54) is 22.7 Å². The molecule has 132 valence electrons. The average molecular weight is 382 g/mol. The van der Waals surface area contributed by atoms with Crippen LogP contribution in [-0.2, 0) is 6.54 Å². The second-order valence-corrected chi connectivity index (χ2v) is 7.92. The zero-order chi connectivity index (χ0) is 18.4. The molecular formula is C21H19NO2S2. The van der Waals surface area contributed by atoms with E-state index in [9.17, 15) is 4.79 Å². The number of amides is 1. The first kappa shape index (κ1) is 18.2. The van der Waals surface area contributed by atoms with Gasteiger partial charge in [0.05, 0.1) is 11.4 Å². The number of carbonyl (C=O) groups excluding carboxylic acids is 1. The second-order valence-electron chi connectivity index (χ2n) is 5.54. The van der Waals surface area contributed by atoms with E-state index in [2.05, 4.69) is 11.9 Å². The van der Waals surface area contributed by atoms with E-state index in [-0.39, 0.29) is 5.91 Å². The fraction of sp³-hybridized carbons (Fsp3) is 0.0952. The van der Waals surface area contributed by atoms with Gasteiger partial charge in [0.1, 0.15) is 5.75 Å². The summed E-state index contributed by atoms with van der Waals surface area (Å²) in [5.74, 6) is 0.745. The molecule has 0 spiro atoms. The predicted octanol–water partition coefficient (Wildman–Crippen LogP) is 6.04. The zero-order valence-electron chi connectivity index (χ0n) is 14.4. The van der Waals surface area contributed by atoms with Crippen molar-refractivity contribution in [1.29, 1.82) is 0 Å². The maximum absolute atomic E-state index is 12.4. The predicted molar refractivity (Wildman–Crippen MR) is 110 cm³/mol. The number of carbonyl (C=O) groups is 1. The number of hydrogen-bond acceptors (Lipinski definition) is 4. The van der Waals surface area contributed by atoms with Crippen LogP contribution in [0.15, 0.2) is 67.3 Å². The maximum Gasteiger partial charge on any atom is 0.261 e. The standard InChI is InChI=1S/C21H19NO2S2/c1-3-4-8-16-13-19(25-15(16)2)21(23)22-14-18-11-12-20(26-18)24-17-9-6-5-7-10-17/h3-13H,1,14H2,2H3,(H,22,23)/b8-4-. The van der Waals surface area contributed by atoms with Crippen molar-refractivity contribution in [2.45, 2.75) is 13.5 Å². The largest absolute Gasteiger partial charge is 0.447 e. The molecular weight excluding hydrogens is 362 g/mol. The van der Waals surface area contributed by atoms with Gasteiger partial charge in [-0.15, -0.1) is 22.7 Å². The number of para-hydroxylation sites is 1. The second kappa shape index (κ2) is 8.65. The minimum Gasteiger partial charge on any atom is -0.447 e. The molecule has 0 aliphatic carbocycles. The molecule has 0 saturated heterocycles. The van der Waals surface area contributed by atoms with Crippen LogP contribution in [0.3, 0.4) is 0 Å². The summed E-state index contributed by atoms with van der Waals surface area (Å²) >= 11 is 3.02. The molecule has 1 N–H and O–H groups in total. The van der Waals surface area contributed by atoms with Gasteiger partial charge >= 0.3 is 0 Å². The quantitative estimate of drug-likeness (QED) is 0.507. The number of allylic oxidation sites excluding steroid dienone is 2. The Morgan fingerprint density at radius 3 is 2.77 bits per heavy atom. The van der Waals surface area contributed by atoms with E-state index in [4.69, 9.17) is 4.74 Å². The van der Waals surface area contributed by atoms with Gasteiger partial charge in [0, 0.05) is 9.75 Å². The third-order valence-electron chi connectivity index (χ3n) is 3.61. The van der Waals surface area contributed by atoms with E-state index < -0.39 is 0 Å². The van der Waals surface area contributed by atoms with Crippen LogP contribution in [0.25, 0.3) is 6.08 Å². The Balaban J connectivity index is 1.58. The lowest BCUT2D eigenvalue weighted by atomic mass is 10.2. The molecule has 0 atom stereocenters. The first-order valence-corrected chi connectivity index (χ1v) is 9.78. The SMILES string of the molecule is C=C/C=C\c1cc(C(=O)NCc2ccc(Oc3ccccc3)s2)sc1C. The fourth-order valence-electron chi connectivity index (χ4n) is 2.31. The highest BCUT2D eigenvalue weighted by Crippen LogP contribution is 2.29. The number of ether oxygens (including phenoxy) is 1. The lowest BCUT2D eigenvalue weighted by molar-refractivity contribution is 0.0955. The van der Waals surface area contributed by atoms with Crippen molar-refractivity contribution in [2.24, 2.45) is 0 Å². The summed E-state index contributed by atoms with van der Waals surface area (Å²) in [6, 6.07) is 15.5. The van der Waals surface area contributed by atoms with Gasteiger partial charge in [-0.25, -0.2) is 0 Å². The Bertz CT molecular complexity index is 923. The minimum atomic E-state index is -0.0599. The summed E-state index contributed by atoms with van der Waals surface area (Å²) in [6.45, 7) is 6.16. The molecule has 26 heavy (non-hydrogen) atoms. The fourth-order valence-corrected chi connectivity index (χ4v) is 4.05. The molecule has 0 saturated carbocycles. The van der Waals surface area contributed by atoms with Crippen molar-refractivity contribution in [3.8, 4) is 10.8 Å². The molecule has 2 aromatic heterocycles. The van der Waals surface area contributed by atoms with Crippen molar-refractivity contribution >= 4 is 34.7 Å². The molecule has 0 aliphatic heterocycles. The third kappa shape index (κ3) is 4.71. The van der Waals surface area contributed by atoms with Crippen molar-refractivity contribution < 1.29 is 9.53 Å². The number of nitrogens with one attached hydrogen (secondary N) is 1. The Hall–Kier alpha value is -2.63. The van der Waals surface area contributed by atoms with E-state index >= 15 is 0 Å². The molecule has 0 unspecified atom stereocenters. The molecule has 3 rings (SSSR count). The molecule has 0 bridgehead atoms. The first-order valence-electron chi connectivity index (χ1n) is 8.15. The van der Waals surface area contributed by atoms with Gasteiger partial charge in [-0.05, 0) is 42.8 Å². The highest BCUT2D eigenvalue weighted by molar-refractivity contribution is 7.14. The third-order valence-corrected chi connectivity index (χ3v) is 5.64. The Morgan fingerprint density at radius 2 is 2.00 bits per heavy atom. The molecule has 5 heteroatoms. The zero-order valence-corrected chi connectivity index (χ0v) is 16.0. The normalized spacial score (nSPS) is 10.8. The van der Waals surface area contributed by atoms with Gasteiger partial charge in [0.15, 0.2) is 5.06 Å². The number of aryl methyl sites for hydroxylation is 1. The summed E-state index contributed by atoms with van der Waals surface area (Å²) in [4.78, 5) is 15.3. The lowest BCUT2D eigenvalue weighted by Crippen LogP contribution is -2.21. The average Bonchev–Trinajstić information content (AvgIpc) is 3.25. The van der Waals surface area contributed by atoms with Crippen LogP contribution >= 0.6 is 22.7 Å². The number of thiophene rings is 2. The van der Waals surface area contributed by atoms with Gasteiger partial charge in [-0.1, -0.05) is 43.0 Å². The van der Waals surface area contributed by atoms with E-state index in [0.717, 1.165) is 26.1 Å². The summed E-state index contributed by atoms with van der Waals surface area (Å²) in [5, 5.41) is 3.78. The Kier molecular flexibility index (Phi) is 6.04. The topological polar surface area (TPSA) is 38.3 Å². The van der Waals surface area contributed by atoms with Crippen LogP contribution in [0, 0.1) is 6.92 Å². The van der Waals surface area contributed by atoms with E-state index in [0.29, 0.717) is 11.4 Å². The molecule has 3 aromatic rings. The summed E-state index contributed by atoms with van der Waals surface area (Å²) in [7, 11) is 0. The van der Waals surface area contributed by atoms with Crippen LogP contribution in [0.4, 0.5) is 0 Å². The summed E-state index contributed by atoms with van der Waals surface area (Å²) < 4.78 is 5.80. The van der Waals surface area contributed by atoms with Crippen LogP contribution in [0.1, 0.15) is 25.0 Å². The van der Waals surface area contributed by atoms with Gasteiger partial charge in [-0.2, -0.15) is 0 Å².